The fourth-order valence-electron chi connectivity index (χ4n) is 2.61. The van der Waals surface area contributed by atoms with Crippen molar-refractivity contribution in [2.75, 3.05) is 13.1 Å². The normalized spacial score (nSPS) is 29.6. The number of amidine groups is 1. The second-order valence-electron chi connectivity index (χ2n) is 4.33. The zero-order valence-electron chi connectivity index (χ0n) is 9.86. The number of amides is 1. The molecule has 2 rings (SSSR count). The number of hydrogen-bond acceptors (Lipinski definition) is 4. The summed E-state index contributed by atoms with van der Waals surface area (Å²) < 4.78 is 0. The van der Waals surface area contributed by atoms with Gasteiger partial charge >= 0.3 is 0 Å². The molecule has 1 fully saturated rings. The van der Waals surface area contributed by atoms with E-state index in [1.54, 1.807) is 0 Å². The largest absolute Gasteiger partial charge is 0.368 e. The van der Waals surface area contributed by atoms with E-state index in [1.165, 1.54) is 0 Å². The zero-order chi connectivity index (χ0) is 11.8. The highest BCUT2D eigenvalue weighted by atomic mass is 16.2. The summed E-state index contributed by atoms with van der Waals surface area (Å²) in [4.78, 5) is 22.3. The predicted octanol–water partition coefficient (Wildman–Crippen LogP) is 0.752. The van der Waals surface area contributed by atoms with Crippen molar-refractivity contribution in [3.8, 4) is 0 Å². The van der Waals surface area contributed by atoms with Crippen LogP contribution >= 0.6 is 0 Å². The van der Waals surface area contributed by atoms with Crippen LogP contribution in [0.2, 0.25) is 0 Å². The molecule has 5 heteroatoms. The minimum absolute atomic E-state index is 0.101. The molecule has 16 heavy (non-hydrogen) atoms. The van der Waals surface area contributed by atoms with E-state index in [2.05, 4.69) is 21.8 Å². The smallest absolute Gasteiger partial charge is 0.262 e. The standard InChI is InChI=1S/C11H18N4O/c1-3-11-6-5-7-15(4-2)8(11)13-10(12)14-9(11)16/h3-7H2,1-2H3,(H2,12,14,16). The van der Waals surface area contributed by atoms with Crippen molar-refractivity contribution in [3.63, 3.8) is 0 Å². The van der Waals surface area contributed by atoms with E-state index >= 15 is 0 Å². The molecule has 2 heterocycles. The van der Waals surface area contributed by atoms with Gasteiger partial charge in [-0.2, -0.15) is 9.98 Å². The second-order valence-corrected chi connectivity index (χ2v) is 4.33. The molecule has 0 bridgehead atoms. The van der Waals surface area contributed by atoms with Crippen LogP contribution in [-0.4, -0.2) is 35.7 Å². The van der Waals surface area contributed by atoms with Crippen molar-refractivity contribution in [2.45, 2.75) is 33.1 Å². The number of fused-ring (bicyclic) bond motifs is 1. The molecule has 0 aromatic rings. The molecule has 88 valence electrons. The third-order valence-electron chi connectivity index (χ3n) is 3.59. The van der Waals surface area contributed by atoms with Gasteiger partial charge in [0, 0.05) is 13.1 Å². The quantitative estimate of drug-likeness (QED) is 0.749. The van der Waals surface area contributed by atoms with Gasteiger partial charge in [-0.1, -0.05) is 6.92 Å². The van der Waals surface area contributed by atoms with Crippen LogP contribution in [0.15, 0.2) is 9.98 Å². The first-order valence-corrected chi connectivity index (χ1v) is 5.86. The molecule has 0 aromatic heterocycles. The van der Waals surface area contributed by atoms with Crippen LogP contribution in [0.1, 0.15) is 33.1 Å². The first-order chi connectivity index (χ1) is 7.64. The lowest BCUT2D eigenvalue weighted by atomic mass is 9.75. The van der Waals surface area contributed by atoms with Gasteiger partial charge in [0.2, 0.25) is 5.96 Å². The van der Waals surface area contributed by atoms with E-state index in [9.17, 15) is 4.79 Å². The van der Waals surface area contributed by atoms with Crippen molar-refractivity contribution < 1.29 is 4.79 Å². The summed E-state index contributed by atoms with van der Waals surface area (Å²) in [5.74, 6) is 0.821. The number of nitrogens with two attached hydrogens (primary N) is 1. The number of carbonyl (C=O) groups is 1. The van der Waals surface area contributed by atoms with E-state index in [1.807, 2.05) is 6.92 Å². The Balaban J connectivity index is 2.47. The zero-order valence-corrected chi connectivity index (χ0v) is 9.86. The highest BCUT2D eigenvalue weighted by Crippen LogP contribution is 2.38. The van der Waals surface area contributed by atoms with Gasteiger partial charge in [-0.15, -0.1) is 0 Å². The fourth-order valence-corrected chi connectivity index (χ4v) is 2.61. The number of rotatable bonds is 2. The molecule has 1 atom stereocenters. The first-order valence-electron chi connectivity index (χ1n) is 5.86. The topological polar surface area (TPSA) is 71.0 Å². The van der Waals surface area contributed by atoms with E-state index in [-0.39, 0.29) is 11.9 Å². The number of aliphatic imine (C=N–C) groups is 2. The van der Waals surface area contributed by atoms with Crippen LogP contribution in [0.4, 0.5) is 0 Å². The number of likely N-dealkylation sites (tertiary alicyclic amines) is 1. The molecule has 0 spiro atoms. The van der Waals surface area contributed by atoms with Crippen molar-refractivity contribution >= 4 is 17.7 Å². The lowest BCUT2D eigenvalue weighted by Gasteiger charge is -2.43. The van der Waals surface area contributed by atoms with Gasteiger partial charge in [0.1, 0.15) is 11.3 Å². The molecule has 0 radical (unpaired) electrons. The Labute approximate surface area is 95.4 Å². The summed E-state index contributed by atoms with van der Waals surface area (Å²) in [6.07, 6.45) is 2.61. The molecule has 5 nitrogen and oxygen atoms in total. The molecule has 0 aliphatic carbocycles. The summed E-state index contributed by atoms with van der Waals surface area (Å²) in [5.41, 5.74) is 5.07. The summed E-state index contributed by atoms with van der Waals surface area (Å²) in [6, 6.07) is 0. The Hall–Kier alpha value is -1.39. The Morgan fingerprint density at radius 3 is 2.81 bits per heavy atom. The predicted molar refractivity (Wildman–Crippen MR) is 63.3 cm³/mol. The van der Waals surface area contributed by atoms with Crippen molar-refractivity contribution in [1.82, 2.24) is 4.90 Å². The summed E-state index contributed by atoms with van der Waals surface area (Å²) >= 11 is 0. The highest BCUT2D eigenvalue weighted by molar-refractivity contribution is 6.17. The Morgan fingerprint density at radius 1 is 1.44 bits per heavy atom. The minimum Gasteiger partial charge on any atom is -0.368 e. The highest BCUT2D eigenvalue weighted by Gasteiger charge is 2.48. The lowest BCUT2D eigenvalue weighted by Crippen LogP contribution is -2.54. The molecule has 1 saturated heterocycles. The number of carbonyl (C=O) groups excluding carboxylic acids is 1. The summed E-state index contributed by atoms with van der Waals surface area (Å²) in [6.45, 7) is 5.91. The van der Waals surface area contributed by atoms with Gasteiger partial charge in [-0.25, -0.2) is 0 Å². The van der Waals surface area contributed by atoms with Crippen LogP contribution in [0, 0.1) is 5.41 Å². The Kier molecular flexibility index (Phi) is 2.69. The van der Waals surface area contributed by atoms with E-state index in [4.69, 9.17) is 5.73 Å². The van der Waals surface area contributed by atoms with Crippen molar-refractivity contribution in [3.05, 3.63) is 0 Å². The number of piperidine rings is 1. The maximum atomic E-state index is 12.1. The van der Waals surface area contributed by atoms with Gasteiger partial charge in [-0.3, -0.25) is 4.79 Å². The van der Waals surface area contributed by atoms with Crippen LogP contribution in [0.5, 0.6) is 0 Å². The van der Waals surface area contributed by atoms with Gasteiger partial charge in [-0.05, 0) is 26.2 Å². The molecule has 0 saturated carbocycles. The monoisotopic (exact) mass is 222 g/mol. The third-order valence-corrected chi connectivity index (χ3v) is 3.59. The SMILES string of the molecule is CCN1CCCC2(CC)C(=O)N=C(N)N=C12. The van der Waals surface area contributed by atoms with Crippen LogP contribution in [0.3, 0.4) is 0 Å². The van der Waals surface area contributed by atoms with Crippen molar-refractivity contribution in [1.29, 1.82) is 0 Å². The molecular weight excluding hydrogens is 204 g/mol. The number of hydrogen-bond donors (Lipinski definition) is 1. The average molecular weight is 222 g/mol. The Bertz CT molecular complexity index is 374. The maximum Gasteiger partial charge on any atom is 0.262 e. The fraction of sp³-hybridized carbons (Fsp3) is 0.727. The van der Waals surface area contributed by atoms with E-state index in [0.29, 0.717) is 0 Å². The number of nitrogens with zero attached hydrogens (tertiary/aromatic N) is 3. The second kappa shape index (κ2) is 3.88. The summed E-state index contributed by atoms with van der Waals surface area (Å²) in [7, 11) is 0. The maximum absolute atomic E-state index is 12.1. The minimum atomic E-state index is -0.503. The van der Waals surface area contributed by atoms with Crippen LogP contribution < -0.4 is 5.73 Å². The van der Waals surface area contributed by atoms with Crippen molar-refractivity contribution in [2.24, 2.45) is 21.1 Å². The molecule has 2 N–H and O–H groups in total. The molecule has 0 aromatic carbocycles. The number of guanidine groups is 1. The molecule has 1 amide bonds. The van der Waals surface area contributed by atoms with Crippen LogP contribution in [-0.2, 0) is 4.79 Å². The van der Waals surface area contributed by atoms with Gasteiger partial charge in [0.15, 0.2) is 0 Å². The molecular formula is C11H18N4O. The Morgan fingerprint density at radius 2 is 2.19 bits per heavy atom. The average Bonchev–Trinajstić information content (AvgIpc) is 2.28. The lowest BCUT2D eigenvalue weighted by molar-refractivity contribution is -0.125. The van der Waals surface area contributed by atoms with E-state index in [0.717, 1.165) is 38.2 Å². The van der Waals surface area contributed by atoms with Gasteiger partial charge in [0.05, 0.1) is 0 Å². The third kappa shape index (κ3) is 1.42. The molecule has 2 aliphatic rings. The summed E-state index contributed by atoms with van der Waals surface area (Å²) in [5, 5.41) is 0. The van der Waals surface area contributed by atoms with Gasteiger partial charge in [0.25, 0.3) is 5.91 Å². The molecule has 1 unspecified atom stereocenters. The van der Waals surface area contributed by atoms with E-state index < -0.39 is 5.41 Å². The van der Waals surface area contributed by atoms with Crippen LogP contribution in [0.25, 0.3) is 0 Å². The van der Waals surface area contributed by atoms with Gasteiger partial charge < -0.3 is 10.6 Å². The molecule has 2 aliphatic heterocycles. The first kappa shape index (κ1) is 11.1.